The molecule has 0 radical (unpaired) electrons. The van der Waals surface area contributed by atoms with Crippen molar-refractivity contribution < 1.29 is 9.53 Å². The number of unbranched alkanes of at least 4 members (excludes halogenated alkanes) is 10. The summed E-state index contributed by atoms with van der Waals surface area (Å²) in [4.78, 5) is 11.2. The van der Waals surface area contributed by atoms with Crippen LogP contribution in [0.15, 0.2) is 24.3 Å². The average molecular weight is 375 g/mol. The second kappa shape index (κ2) is 22.6. The minimum Gasteiger partial charge on any atom is -0.466 e. The van der Waals surface area contributed by atoms with Gasteiger partial charge in [0.05, 0.1) is 6.61 Å². The van der Waals surface area contributed by atoms with E-state index in [0.717, 1.165) is 38.5 Å². The van der Waals surface area contributed by atoms with Crippen molar-refractivity contribution in [1.82, 2.24) is 0 Å². The first kappa shape index (κ1) is 25.5. The maximum absolute atomic E-state index is 11.2. The van der Waals surface area contributed by atoms with E-state index in [2.05, 4.69) is 43.1 Å². The van der Waals surface area contributed by atoms with E-state index in [-0.39, 0.29) is 5.97 Å². The zero-order valence-electron chi connectivity index (χ0n) is 17.9. The van der Waals surface area contributed by atoms with Gasteiger partial charge in [0.15, 0.2) is 0 Å². The molecule has 0 bridgehead atoms. The smallest absolute Gasteiger partial charge is 0.306 e. The Bertz CT molecular complexity index is 437. The van der Waals surface area contributed by atoms with Crippen LogP contribution in [0.5, 0.6) is 0 Å². The summed E-state index contributed by atoms with van der Waals surface area (Å²) in [6.07, 6.45) is 26.1. The van der Waals surface area contributed by atoms with E-state index < -0.39 is 0 Å². The third-order valence-corrected chi connectivity index (χ3v) is 4.37. The lowest BCUT2D eigenvalue weighted by molar-refractivity contribution is -0.143. The lowest BCUT2D eigenvalue weighted by Gasteiger charge is -1.99. The number of hydrogen-bond acceptors (Lipinski definition) is 2. The maximum Gasteiger partial charge on any atom is 0.306 e. The fourth-order valence-corrected chi connectivity index (χ4v) is 2.78. The highest BCUT2D eigenvalue weighted by atomic mass is 16.5. The molecule has 0 aliphatic heterocycles. The van der Waals surface area contributed by atoms with Gasteiger partial charge in [-0.25, -0.2) is 0 Å². The molecular weight excluding hydrogens is 332 g/mol. The first-order chi connectivity index (χ1) is 13.3. The van der Waals surface area contributed by atoms with Gasteiger partial charge in [-0.3, -0.25) is 4.79 Å². The third-order valence-electron chi connectivity index (χ3n) is 4.37. The van der Waals surface area contributed by atoms with Crippen LogP contribution in [0.25, 0.3) is 0 Å². The summed E-state index contributed by atoms with van der Waals surface area (Å²) in [6.45, 7) is 4.57. The van der Waals surface area contributed by atoms with Gasteiger partial charge < -0.3 is 4.74 Å². The summed E-state index contributed by atoms with van der Waals surface area (Å²) in [6, 6.07) is 0. The van der Waals surface area contributed by atoms with E-state index in [1.54, 1.807) is 0 Å². The van der Waals surface area contributed by atoms with Crippen molar-refractivity contribution in [3.63, 3.8) is 0 Å². The molecule has 0 atom stereocenters. The van der Waals surface area contributed by atoms with Crippen molar-refractivity contribution in [2.75, 3.05) is 6.61 Å². The Labute approximate surface area is 168 Å². The van der Waals surface area contributed by atoms with Crippen molar-refractivity contribution in [2.45, 2.75) is 110 Å². The molecule has 0 rings (SSSR count). The van der Waals surface area contributed by atoms with Crippen LogP contribution in [0.1, 0.15) is 110 Å². The van der Waals surface area contributed by atoms with Crippen LogP contribution in [-0.4, -0.2) is 12.6 Å². The molecule has 0 amide bonds. The predicted octanol–water partition coefficient (Wildman–Crippen LogP) is 7.54. The number of allylic oxidation sites excluding steroid dienone is 4. The van der Waals surface area contributed by atoms with Crippen LogP contribution in [0.3, 0.4) is 0 Å². The Morgan fingerprint density at radius 1 is 0.704 bits per heavy atom. The quantitative estimate of drug-likeness (QED) is 0.114. The Morgan fingerprint density at radius 3 is 1.93 bits per heavy atom. The molecule has 0 aliphatic carbocycles. The Morgan fingerprint density at radius 2 is 1.26 bits per heavy atom. The zero-order valence-corrected chi connectivity index (χ0v) is 17.9. The SMILES string of the molecule is CCCCCCCCCCC#CCC/C=C\CC/C=C/CCC(=O)OCC. The van der Waals surface area contributed by atoms with E-state index in [0.29, 0.717) is 13.0 Å². The second-order valence-electron chi connectivity index (χ2n) is 6.98. The number of rotatable bonds is 17. The monoisotopic (exact) mass is 374 g/mol. The van der Waals surface area contributed by atoms with Crippen LogP contribution < -0.4 is 0 Å². The Balaban J connectivity index is 3.33. The molecule has 0 aromatic rings. The fraction of sp³-hybridized carbons (Fsp3) is 0.720. The topological polar surface area (TPSA) is 26.3 Å². The lowest BCUT2D eigenvalue weighted by atomic mass is 10.1. The molecule has 2 heteroatoms. The van der Waals surface area contributed by atoms with E-state index in [1.807, 2.05) is 6.92 Å². The first-order valence-electron chi connectivity index (χ1n) is 11.2. The van der Waals surface area contributed by atoms with E-state index in [4.69, 9.17) is 4.74 Å². The summed E-state index contributed by atoms with van der Waals surface area (Å²) in [5.74, 6) is 6.49. The van der Waals surface area contributed by atoms with Crippen molar-refractivity contribution in [3.05, 3.63) is 24.3 Å². The average Bonchev–Trinajstić information content (AvgIpc) is 2.66. The summed E-state index contributed by atoms with van der Waals surface area (Å²) < 4.78 is 4.89. The standard InChI is InChI=1S/C25H42O2/c1-3-5-6-7-8-9-10-11-12-13-14-15-16-17-18-19-20-21-22-23-24-25(26)27-4-2/h17-18,21-22H,3-12,15-16,19-20,23-24H2,1-2H3/b18-17-,22-21+. The van der Waals surface area contributed by atoms with Gasteiger partial charge in [-0.2, -0.15) is 0 Å². The molecule has 0 aromatic carbocycles. The lowest BCUT2D eigenvalue weighted by Crippen LogP contribution is -2.02. The zero-order chi connectivity index (χ0) is 19.8. The van der Waals surface area contributed by atoms with Crippen LogP contribution >= 0.6 is 0 Å². The molecule has 27 heavy (non-hydrogen) atoms. The minimum absolute atomic E-state index is 0.106. The van der Waals surface area contributed by atoms with Gasteiger partial charge in [-0.15, -0.1) is 11.8 Å². The van der Waals surface area contributed by atoms with Crippen molar-refractivity contribution in [3.8, 4) is 11.8 Å². The van der Waals surface area contributed by atoms with Gasteiger partial charge >= 0.3 is 5.97 Å². The molecule has 0 aromatic heterocycles. The van der Waals surface area contributed by atoms with Gasteiger partial charge in [0, 0.05) is 19.3 Å². The molecule has 0 unspecified atom stereocenters. The Hall–Kier alpha value is -1.49. The van der Waals surface area contributed by atoms with E-state index in [9.17, 15) is 4.79 Å². The number of esters is 1. The summed E-state index contributed by atoms with van der Waals surface area (Å²) in [5.41, 5.74) is 0. The van der Waals surface area contributed by atoms with Crippen molar-refractivity contribution in [1.29, 1.82) is 0 Å². The normalized spacial score (nSPS) is 11.0. The molecule has 0 saturated carbocycles. The van der Waals surface area contributed by atoms with Gasteiger partial charge in [0.2, 0.25) is 0 Å². The van der Waals surface area contributed by atoms with Crippen molar-refractivity contribution in [2.24, 2.45) is 0 Å². The van der Waals surface area contributed by atoms with Gasteiger partial charge in [0.1, 0.15) is 0 Å². The van der Waals surface area contributed by atoms with Crippen LogP contribution in [-0.2, 0) is 9.53 Å². The van der Waals surface area contributed by atoms with E-state index >= 15 is 0 Å². The highest BCUT2D eigenvalue weighted by Crippen LogP contribution is 2.09. The van der Waals surface area contributed by atoms with Gasteiger partial charge in [-0.05, 0) is 39.0 Å². The number of carbonyl (C=O) groups excluding carboxylic acids is 1. The number of carbonyl (C=O) groups is 1. The van der Waals surface area contributed by atoms with E-state index in [1.165, 1.54) is 51.4 Å². The second-order valence-corrected chi connectivity index (χ2v) is 6.98. The van der Waals surface area contributed by atoms with Crippen LogP contribution in [0.4, 0.5) is 0 Å². The van der Waals surface area contributed by atoms with Crippen molar-refractivity contribution >= 4 is 5.97 Å². The molecule has 0 spiro atoms. The predicted molar refractivity (Wildman–Crippen MR) is 118 cm³/mol. The highest BCUT2D eigenvalue weighted by molar-refractivity contribution is 5.69. The molecule has 2 nitrogen and oxygen atoms in total. The van der Waals surface area contributed by atoms with Gasteiger partial charge in [-0.1, -0.05) is 76.2 Å². The molecule has 0 saturated heterocycles. The minimum atomic E-state index is -0.106. The number of hydrogen-bond donors (Lipinski definition) is 0. The molecule has 0 aliphatic rings. The highest BCUT2D eigenvalue weighted by Gasteiger charge is 1.97. The largest absolute Gasteiger partial charge is 0.466 e. The summed E-state index contributed by atoms with van der Waals surface area (Å²) >= 11 is 0. The third kappa shape index (κ3) is 22.5. The fourth-order valence-electron chi connectivity index (χ4n) is 2.78. The van der Waals surface area contributed by atoms with Gasteiger partial charge in [0.25, 0.3) is 0 Å². The molecule has 154 valence electrons. The van der Waals surface area contributed by atoms with Crippen LogP contribution in [0, 0.1) is 11.8 Å². The summed E-state index contributed by atoms with van der Waals surface area (Å²) in [7, 11) is 0. The molecule has 0 fully saturated rings. The molecular formula is C25H42O2. The Kier molecular flexibility index (Phi) is 21.3. The first-order valence-corrected chi connectivity index (χ1v) is 11.2. The number of ether oxygens (including phenoxy) is 1. The van der Waals surface area contributed by atoms with Crippen LogP contribution in [0.2, 0.25) is 0 Å². The molecule has 0 N–H and O–H groups in total. The molecule has 0 heterocycles. The maximum atomic E-state index is 11.2. The summed E-state index contributed by atoms with van der Waals surface area (Å²) in [5, 5.41) is 0.